The molecule has 0 radical (unpaired) electrons. The van der Waals surface area contributed by atoms with Crippen molar-refractivity contribution < 1.29 is 9.53 Å². The van der Waals surface area contributed by atoms with Crippen molar-refractivity contribution in [2.24, 2.45) is 5.73 Å². The molecule has 22 heavy (non-hydrogen) atoms. The van der Waals surface area contributed by atoms with Gasteiger partial charge in [-0.1, -0.05) is 35.9 Å². The maximum atomic E-state index is 11.9. The number of nitrogens with two attached hydrogens (primary N) is 1. The van der Waals surface area contributed by atoms with E-state index in [0.717, 1.165) is 12.8 Å². The molecule has 2 atom stereocenters. The lowest BCUT2D eigenvalue weighted by atomic mass is 9.87. The Morgan fingerprint density at radius 2 is 2.09 bits per heavy atom. The monoisotopic (exact) mass is 302 g/mol. The molecule has 4 nitrogen and oxygen atoms in total. The van der Waals surface area contributed by atoms with E-state index < -0.39 is 11.7 Å². The molecule has 1 aromatic rings. The highest BCUT2D eigenvalue weighted by Gasteiger charge is 2.26. The maximum absolute atomic E-state index is 11.9. The number of aryl methyl sites for hydroxylation is 1. The van der Waals surface area contributed by atoms with Crippen LogP contribution in [0.2, 0.25) is 0 Å². The second kappa shape index (κ2) is 6.53. The van der Waals surface area contributed by atoms with Crippen LogP contribution in [0.1, 0.15) is 44.7 Å². The van der Waals surface area contributed by atoms with Gasteiger partial charge in [0.05, 0.1) is 6.04 Å². The quantitative estimate of drug-likeness (QED) is 0.880. The van der Waals surface area contributed by atoms with Gasteiger partial charge in [-0.25, -0.2) is 4.79 Å². The summed E-state index contributed by atoms with van der Waals surface area (Å²) in [5.74, 6) is 0. The summed E-state index contributed by atoms with van der Waals surface area (Å²) in [5, 5.41) is 2.88. The molecule has 3 N–H and O–H groups in total. The van der Waals surface area contributed by atoms with Crippen LogP contribution >= 0.6 is 0 Å². The summed E-state index contributed by atoms with van der Waals surface area (Å²) in [4.78, 5) is 11.9. The Morgan fingerprint density at radius 3 is 2.68 bits per heavy atom. The third-order valence-electron chi connectivity index (χ3n) is 3.68. The molecule has 120 valence electrons. The molecule has 0 aliphatic heterocycles. The number of ether oxygens (including phenoxy) is 1. The molecule has 0 aromatic heterocycles. The van der Waals surface area contributed by atoms with E-state index in [-0.39, 0.29) is 12.1 Å². The molecule has 2 rings (SSSR count). The molecule has 0 bridgehead atoms. The van der Waals surface area contributed by atoms with Crippen LogP contribution in [-0.2, 0) is 4.74 Å². The van der Waals surface area contributed by atoms with Crippen molar-refractivity contribution in [1.82, 2.24) is 5.32 Å². The fraction of sp³-hybridized carbons (Fsp3) is 0.500. The lowest BCUT2D eigenvalue weighted by Crippen LogP contribution is -2.50. The fourth-order valence-corrected chi connectivity index (χ4v) is 2.63. The zero-order valence-electron chi connectivity index (χ0n) is 13.8. The van der Waals surface area contributed by atoms with E-state index in [4.69, 9.17) is 10.5 Å². The Hall–Kier alpha value is -1.81. The second-order valence-corrected chi connectivity index (χ2v) is 6.96. The normalized spacial score (nSPS) is 22.0. The van der Waals surface area contributed by atoms with Crippen molar-refractivity contribution in [3.63, 3.8) is 0 Å². The average molecular weight is 302 g/mol. The van der Waals surface area contributed by atoms with Crippen LogP contribution in [0.3, 0.4) is 0 Å². The van der Waals surface area contributed by atoms with Crippen LogP contribution < -0.4 is 11.1 Å². The lowest BCUT2D eigenvalue weighted by Gasteiger charge is -2.30. The summed E-state index contributed by atoms with van der Waals surface area (Å²) in [5.41, 5.74) is 9.45. The standard InChI is InChI=1S/C18H26N2O2/c1-12-6-5-7-13(10-12)14-8-9-16(15(19)11-14)20-17(21)22-18(2,3)4/h5-8,10,15-16H,9,11,19H2,1-4H3,(H,20,21)/t15-,16-/m0/s1. The Morgan fingerprint density at radius 1 is 1.36 bits per heavy atom. The van der Waals surface area contributed by atoms with E-state index in [9.17, 15) is 4.79 Å². The lowest BCUT2D eigenvalue weighted by molar-refractivity contribution is 0.0496. The first-order valence-corrected chi connectivity index (χ1v) is 7.76. The van der Waals surface area contributed by atoms with Gasteiger partial charge in [0, 0.05) is 6.04 Å². The molecule has 0 spiro atoms. The highest BCUT2D eigenvalue weighted by atomic mass is 16.6. The predicted molar refractivity (Wildman–Crippen MR) is 89.5 cm³/mol. The van der Waals surface area contributed by atoms with E-state index in [1.807, 2.05) is 20.8 Å². The van der Waals surface area contributed by atoms with Gasteiger partial charge in [-0.15, -0.1) is 0 Å². The molecule has 0 heterocycles. The molecule has 0 saturated heterocycles. The number of rotatable bonds is 2. The van der Waals surface area contributed by atoms with Crippen molar-refractivity contribution in [3.05, 3.63) is 41.5 Å². The van der Waals surface area contributed by atoms with Crippen LogP contribution in [0.15, 0.2) is 30.3 Å². The largest absolute Gasteiger partial charge is 0.444 e. The summed E-state index contributed by atoms with van der Waals surface area (Å²) in [6.45, 7) is 7.63. The number of hydrogen-bond donors (Lipinski definition) is 2. The molecular weight excluding hydrogens is 276 g/mol. The molecule has 0 saturated carbocycles. The van der Waals surface area contributed by atoms with Crippen LogP contribution in [0.25, 0.3) is 5.57 Å². The Kier molecular flexibility index (Phi) is 4.91. The van der Waals surface area contributed by atoms with Gasteiger partial charge in [0.2, 0.25) is 0 Å². The molecular formula is C18H26N2O2. The number of benzene rings is 1. The minimum absolute atomic E-state index is 0.0802. The highest BCUT2D eigenvalue weighted by Crippen LogP contribution is 2.27. The topological polar surface area (TPSA) is 64.3 Å². The van der Waals surface area contributed by atoms with Gasteiger partial charge in [0.25, 0.3) is 0 Å². The Labute approximate surface area is 132 Å². The zero-order chi connectivity index (χ0) is 16.3. The second-order valence-electron chi connectivity index (χ2n) is 6.96. The van der Waals surface area contributed by atoms with Gasteiger partial charge in [0.15, 0.2) is 0 Å². The molecule has 0 unspecified atom stereocenters. The van der Waals surface area contributed by atoms with Gasteiger partial charge in [-0.3, -0.25) is 0 Å². The molecule has 1 aliphatic rings. The van der Waals surface area contributed by atoms with Gasteiger partial charge in [0.1, 0.15) is 5.60 Å². The fourth-order valence-electron chi connectivity index (χ4n) is 2.63. The number of amides is 1. The SMILES string of the molecule is Cc1cccc(C2=CC[C@H](NC(=O)OC(C)(C)C)[C@@H](N)C2)c1. The number of hydrogen-bond acceptors (Lipinski definition) is 3. The molecule has 4 heteroatoms. The van der Waals surface area contributed by atoms with Crippen molar-refractivity contribution in [1.29, 1.82) is 0 Å². The van der Waals surface area contributed by atoms with Crippen LogP contribution in [0.4, 0.5) is 4.79 Å². The first-order valence-electron chi connectivity index (χ1n) is 7.76. The maximum Gasteiger partial charge on any atom is 0.407 e. The first-order chi connectivity index (χ1) is 10.2. The van der Waals surface area contributed by atoms with Crippen molar-refractivity contribution in [2.75, 3.05) is 0 Å². The summed E-state index contributed by atoms with van der Waals surface area (Å²) in [7, 11) is 0. The zero-order valence-corrected chi connectivity index (χ0v) is 13.8. The minimum Gasteiger partial charge on any atom is -0.444 e. The van der Waals surface area contributed by atoms with Gasteiger partial charge < -0.3 is 15.8 Å². The van der Waals surface area contributed by atoms with Crippen LogP contribution in [-0.4, -0.2) is 23.8 Å². The molecule has 1 aliphatic carbocycles. The Balaban J connectivity index is 2.01. The summed E-state index contributed by atoms with van der Waals surface area (Å²) in [6, 6.07) is 8.23. The van der Waals surface area contributed by atoms with E-state index in [1.165, 1.54) is 16.7 Å². The molecule has 1 amide bonds. The number of nitrogens with one attached hydrogen (secondary N) is 1. The van der Waals surface area contributed by atoms with E-state index in [1.54, 1.807) is 0 Å². The van der Waals surface area contributed by atoms with Crippen LogP contribution in [0, 0.1) is 6.92 Å². The smallest absolute Gasteiger partial charge is 0.407 e. The average Bonchev–Trinajstić information content (AvgIpc) is 2.39. The van der Waals surface area contributed by atoms with Crippen molar-refractivity contribution in [3.8, 4) is 0 Å². The van der Waals surface area contributed by atoms with Gasteiger partial charge in [-0.05, 0) is 51.7 Å². The molecule has 1 aromatic carbocycles. The van der Waals surface area contributed by atoms with E-state index in [0.29, 0.717) is 0 Å². The Bertz CT molecular complexity index is 573. The minimum atomic E-state index is -0.495. The summed E-state index contributed by atoms with van der Waals surface area (Å²) < 4.78 is 5.29. The third-order valence-corrected chi connectivity index (χ3v) is 3.68. The van der Waals surface area contributed by atoms with Gasteiger partial charge >= 0.3 is 6.09 Å². The summed E-state index contributed by atoms with van der Waals surface area (Å²) in [6.07, 6.45) is 3.24. The summed E-state index contributed by atoms with van der Waals surface area (Å²) >= 11 is 0. The number of carbonyl (C=O) groups excluding carboxylic acids is 1. The molecule has 0 fully saturated rings. The van der Waals surface area contributed by atoms with Gasteiger partial charge in [-0.2, -0.15) is 0 Å². The number of carbonyl (C=O) groups is 1. The van der Waals surface area contributed by atoms with Crippen molar-refractivity contribution >= 4 is 11.7 Å². The highest BCUT2D eigenvalue weighted by molar-refractivity contribution is 5.70. The van der Waals surface area contributed by atoms with E-state index >= 15 is 0 Å². The first kappa shape index (κ1) is 16.6. The third kappa shape index (κ3) is 4.60. The van der Waals surface area contributed by atoms with Crippen molar-refractivity contribution in [2.45, 2.75) is 58.2 Å². The van der Waals surface area contributed by atoms with E-state index in [2.05, 4.69) is 42.6 Å². The number of alkyl carbamates (subject to hydrolysis) is 1. The predicted octanol–water partition coefficient (Wildman–Crippen LogP) is 3.39. The van der Waals surface area contributed by atoms with Crippen LogP contribution in [0.5, 0.6) is 0 Å².